The molecule has 1 saturated heterocycles. The molecule has 18 heavy (non-hydrogen) atoms. The molecular formula is C16H34N2. The molecule has 2 heteroatoms. The van der Waals surface area contributed by atoms with Gasteiger partial charge in [0.2, 0.25) is 0 Å². The lowest BCUT2D eigenvalue weighted by molar-refractivity contribution is 0.0116. The third-order valence-electron chi connectivity index (χ3n) is 4.57. The minimum Gasteiger partial charge on any atom is -0.308 e. The average Bonchev–Trinajstić information content (AvgIpc) is 2.26. The minimum absolute atomic E-state index is 0.344. The van der Waals surface area contributed by atoms with Crippen LogP contribution in [0.4, 0.5) is 0 Å². The number of hydrogen-bond donors (Lipinski definition) is 1. The van der Waals surface area contributed by atoms with Crippen molar-refractivity contribution in [2.24, 2.45) is 11.3 Å². The first-order chi connectivity index (χ1) is 8.24. The Labute approximate surface area is 115 Å². The Hall–Kier alpha value is -0.0800. The van der Waals surface area contributed by atoms with E-state index < -0.39 is 0 Å². The van der Waals surface area contributed by atoms with Crippen LogP contribution in [0.2, 0.25) is 0 Å². The third kappa shape index (κ3) is 3.71. The molecule has 1 rings (SSSR count). The number of nitrogens with one attached hydrogen (secondary N) is 1. The van der Waals surface area contributed by atoms with Crippen LogP contribution in [0.5, 0.6) is 0 Å². The van der Waals surface area contributed by atoms with Crippen molar-refractivity contribution in [3.05, 3.63) is 0 Å². The summed E-state index contributed by atoms with van der Waals surface area (Å²) in [5, 5.41) is 3.85. The molecule has 1 atom stereocenters. The molecule has 0 aromatic rings. The molecule has 0 aliphatic carbocycles. The Morgan fingerprint density at radius 1 is 1.22 bits per heavy atom. The summed E-state index contributed by atoms with van der Waals surface area (Å²) in [6.07, 6.45) is 2.46. The van der Waals surface area contributed by atoms with Crippen molar-refractivity contribution in [1.29, 1.82) is 0 Å². The van der Waals surface area contributed by atoms with Gasteiger partial charge in [0.15, 0.2) is 0 Å². The van der Waals surface area contributed by atoms with E-state index in [9.17, 15) is 0 Å². The van der Waals surface area contributed by atoms with Crippen molar-refractivity contribution >= 4 is 0 Å². The van der Waals surface area contributed by atoms with Gasteiger partial charge in [-0.25, -0.2) is 0 Å². The SMILES string of the molecule is CCC1(CC)CN(CC(C)C)C(C(C)(C)C)CN1. The quantitative estimate of drug-likeness (QED) is 0.826. The summed E-state index contributed by atoms with van der Waals surface area (Å²) in [6, 6.07) is 0.658. The summed E-state index contributed by atoms with van der Waals surface area (Å²) in [5.74, 6) is 0.749. The Kier molecular flexibility index (Phi) is 5.25. The summed E-state index contributed by atoms with van der Waals surface area (Å²) in [4.78, 5) is 2.74. The molecule has 1 heterocycles. The second kappa shape index (κ2) is 5.92. The van der Waals surface area contributed by atoms with Crippen molar-refractivity contribution in [3.63, 3.8) is 0 Å². The van der Waals surface area contributed by atoms with Gasteiger partial charge in [-0.1, -0.05) is 48.5 Å². The predicted octanol–water partition coefficient (Wildman–Crippen LogP) is 3.52. The van der Waals surface area contributed by atoms with Crippen molar-refractivity contribution in [1.82, 2.24) is 10.2 Å². The van der Waals surface area contributed by atoms with Gasteiger partial charge in [0, 0.05) is 31.2 Å². The summed E-state index contributed by atoms with van der Waals surface area (Å²) in [5.41, 5.74) is 0.701. The third-order valence-corrected chi connectivity index (χ3v) is 4.57. The Morgan fingerprint density at radius 2 is 1.78 bits per heavy atom. The van der Waals surface area contributed by atoms with Crippen molar-refractivity contribution in [2.45, 2.75) is 72.9 Å². The smallest absolute Gasteiger partial charge is 0.0304 e. The van der Waals surface area contributed by atoms with Crippen LogP contribution in [-0.4, -0.2) is 36.1 Å². The molecule has 2 nitrogen and oxygen atoms in total. The van der Waals surface area contributed by atoms with Gasteiger partial charge in [0.1, 0.15) is 0 Å². The molecular weight excluding hydrogens is 220 g/mol. The summed E-state index contributed by atoms with van der Waals surface area (Å²) in [7, 11) is 0. The summed E-state index contributed by atoms with van der Waals surface area (Å²) < 4.78 is 0. The van der Waals surface area contributed by atoms with Gasteiger partial charge < -0.3 is 5.32 Å². The molecule has 1 aliphatic rings. The highest BCUT2D eigenvalue weighted by Crippen LogP contribution is 2.31. The van der Waals surface area contributed by atoms with Crippen LogP contribution in [0.25, 0.3) is 0 Å². The number of piperazine rings is 1. The summed E-state index contributed by atoms with van der Waals surface area (Å²) >= 11 is 0. The zero-order valence-corrected chi connectivity index (χ0v) is 13.6. The van der Waals surface area contributed by atoms with E-state index in [4.69, 9.17) is 0 Å². The van der Waals surface area contributed by atoms with E-state index in [0.717, 1.165) is 12.5 Å². The van der Waals surface area contributed by atoms with E-state index in [2.05, 4.69) is 58.7 Å². The molecule has 0 aromatic carbocycles. The normalized spacial score (nSPS) is 25.7. The van der Waals surface area contributed by atoms with Crippen LogP contribution in [0.15, 0.2) is 0 Å². The topological polar surface area (TPSA) is 15.3 Å². The first kappa shape index (κ1) is 16.0. The molecule has 0 radical (unpaired) electrons. The standard InChI is InChI=1S/C16H34N2/c1-8-16(9-2)12-18(11-13(3)4)14(10-17-16)15(5,6)7/h13-14,17H,8-12H2,1-7H3. The van der Waals surface area contributed by atoms with Gasteiger partial charge in [0.05, 0.1) is 0 Å². The second-order valence-electron chi connectivity index (χ2n) is 7.57. The first-order valence-electron chi connectivity index (χ1n) is 7.73. The molecule has 0 spiro atoms. The van der Waals surface area contributed by atoms with Crippen molar-refractivity contribution in [2.75, 3.05) is 19.6 Å². The van der Waals surface area contributed by atoms with E-state index in [1.54, 1.807) is 0 Å². The van der Waals surface area contributed by atoms with Gasteiger partial charge in [-0.3, -0.25) is 4.90 Å². The predicted molar refractivity (Wildman–Crippen MR) is 81.0 cm³/mol. The molecule has 1 unspecified atom stereocenters. The molecule has 0 bridgehead atoms. The van der Waals surface area contributed by atoms with Crippen LogP contribution in [0.1, 0.15) is 61.3 Å². The van der Waals surface area contributed by atoms with Gasteiger partial charge in [0.25, 0.3) is 0 Å². The lowest BCUT2D eigenvalue weighted by Gasteiger charge is -2.52. The van der Waals surface area contributed by atoms with E-state index in [0.29, 0.717) is 17.0 Å². The van der Waals surface area contributed by atoms with E-state index >= 15 is 0 Å². The van der Waals surface area contributed by atoms with Crippen LogP contribution in [0.3, 0.4) is 0 Å². The van der Waals surface area contributed by atoms with E-state index in [1.807, 2.05) is 0 Å². The van der Waals surface area contributed by atoms with Gasteiger partial charge in [-0.05, 0) is 24.2 Å². The fourth-order valence-corrected chi connectivity index (χ4v) is 3.24. The molecule has 0 amide bonds. The monoisotopic (exact) mass is 254 g/mol. The number of hydrogen-bond acceptors (Lipinski definition) is 2. The Balaban J connectivity index is 2.85. The van der Waals surface area contributed by atoms with Gasteiger partial charge >= 0.3 is 0 Å². The largest absolute Gasteiger partial charge is 0.308 e. The van der Waals surface area contributed by atoms with Crippen LogP contribution < -0.4 is 5.32 Å². The zero-order valence-electron chi connectivity index (χ0n) is 13.6. The van der Waals surface area contributed by atoms with E-state index in [1.165, 1.54) is 25.9 Å². The van der Waals surface area contributed by atoms with Crippen LogP contribution in [0, 0.1) is 11.3 Å². The molecule has 1 fully saturated rings. The maximum atomic E-state index is 3.85. The zero-order chi connectivity index (χ0) is 14.0. The minimum atomic E-state index is 0.344. The lowest BCUT2D eigenvalue weighted by Crippen LogP contribution is -2.66. The Bertz CT molecular complexity index is 248. The highest BCUT2D eigenvalue weighted by Gasteiger charge is 2.40. The maximum absolute atomic E-state index is 3.85. The fraction of sp³-hybridized carbons (Fsp3) is 1.00. The molecule has 0 aromatic heterocycles. The maximum Gasteiger partial charge on any atom is 0.0304 e. The second-order valence-corrected chi connectivity index (χ2v) is 7.57. The average molecular weight is 254 g/mol. The van der Waals surface area contributed by atoms with Gasteiger partial charge in [-0.15, -0.1) is 0 Å². The highest BCUT2D eigenvalue weighted by atomic mass is 15.3. The van der Waals surface area contributed by atoms with Crippen molar-refractivity contribution < 1.29 is 0 Å². The number of nitrogens with zero attached hydrogens (tertiary/aromatic N) is 1. The van der Waals surface area contributed by atoms with Crippen LogP contribution >= 0.6 is 0 Å². The highest BCUT2D eigenvalue weighted by molar-refractivity contribution is 5.00. The Morgan fingerprint density at radius 3 is 2.17 bits per heavy atom. The first-order valence-corrected chi connectivity index (χ1v) is 7.73. The molecule has 0 saturated carbocycles. The van der Waals surface area contributed by atoms with E-state index in [-0.39, 0.29) is 0 Å². The fourth-order valence-electron chi connectivity index (χ4n) is 3.24. The molecule has 108 valence electrons. The lowest BCUT2D eigenvalue weighted by atomic mass is 9.79. The van der Waals surface area contributed by atoms with Gasteiger partial charge in [-0.2, -0.15) is 0 Å². The summed E-state index contributed by atoms with van der Waals surface area (Å²) in [6.45, 7) is 20.0. The van der Waals surface area contributed by atoms with Crippen molar-refractivity contribution in [3.8, 4) is 0 Å². The number of rotatable bonds is 4. The molecule has 1 aliphatic heterocycles. The van der Waals surface area contributed by atoms with Crippen LogP contribution in [-0.2, 0) is 0 Å². The molecule has 1 N–H and O–H groups in total.